The second-order valence-electron chi connectivity index (χ2n) is 5.69. The Morgan fingerprint density at radius 2 is 1.94 bits per heavy atom. The zero-order chi connectivity index (χ0) is 11.4. The van der Waals surface area contributed by atoms with Crippen LogP contribution in [0.4, 0.5) is 0 Å². The topological polar surface area (TPSA) is 23.5 Å². The van der Waals surface area contributed by atoms with Crippen molar-refractivity contribution in [3.05, 3.63) is 0 Å². The van der Waals surface area contributed by atoms with Gasteiger partial charge in [0.25, 0.3) is 0 Å². The summed E-state index contributed by atoms with van der Waals surface area (Å²) >= 11 is 0. The summed E-state index contributed by atoms with van der Waals surface area (Å²) in [5, 5.41) is 9.95. The summed E-state index contributed by atoms with van der Waals surface area (Å²) in [5.74, 6) is 0.941. The number of rotatable bonds is 4. The average Bonchev–Trinajstić information content (AvgIpc) is 2.30. The lowest BCUT2D eigenvalue weighted by Gasteiger charge is -2.44. The number of fused-ring (bicyclic) bond motifs is 1. The third-order valence-corrected chi connectivity index (χ3v) is 4.43. The molecule has 0 aromatic rings. The van der Waals surface area contributed by atoms with Gasteiger partial charge in [-0.3, -0.25) is 4.90 Å². The lowest BCUT2D eigenvalue weighted by molar-refractivity contribution is 0.0186. The highest BCUT2D eigenvalue weighted by Crippen LogP contribution is 2.35. The second-order valence-corrected chi connectivity index (χ2v) is 5.69. The number of hydrogen-bond donors (Lipinski definition) is 1. The molecule has 1 N–H and O–H groups in total. The Morgan fingerprint density at radius 1 is 1.19 bits per heavy atom. The molecule has 1 unspecified atom stereocenters. The molecule has 0 aromatic heterocycles. The number of aliphatic hydroxyl groups is 1. The normalized spacial score (nSPS) is 33.4. The SMILES string of the molecule is CCCC(O)CN1CCC[C@H]2CCCC[C@H]21. The van der Waals surface area contributed by atoms with Crippen LogP contribution < -0.4 is 0 Å². The molecule has 2 nitrogen and oxygen atoms in total. The molecule has 1 saturated heterocycles. The number of likely N-dealkylation sites (tertiary alicyclic amines) is 1. The van der Waals surface area contributed by atoms with Crippen molar-refractivity contribution in [2.24, 2.45) is 5.92 Å². The molecule has 0 radical (unpaired) electrons. The van der Waals surface area contributed by atoms with Gasteiger partial charge in [-0.05, 0) is 44.6 Å². The molecule has 0 amide bonds. The van der Waals surface area contributed by atoms with Crippen molar-refractivity contribution in [2.75, 3.05) is 13.1 Å². The van der Waals surface area contributed by atoms with Crippen LogP contribution in [0.25, 0.3) is 0 Å². The summed E-state index contributed by atoms with van der Waals surface area (Å²) in [6, 6.07) is 0.800. The molecule has 16 heavy (non-hydrogen) atoms. The summed E-state index contributed by atoms with van der Waals surface area (Å²) in [6.45, 7) is 4.31. The van der Waals surface area contributed by atoms with Crippen LogP contribution in [0.1, 0.15) is 58.3 Å². The molecular formula is C14H27NO. The highest BCUT2D eigenvalue weighted by atomic mass is 16.3. The molecule has 2 rings (SSSR count). The van der Waals surface area contributed by atoms with Crippen LogP contribution in [-0.4, -0.2) is 35.2 Å². The monoisotopic (exact) mass is 225 g/mol. The molecule has 1 heterocycles. The first kappa shape index (κ1) is 12.4. The van der Waals surface area contributed by atoms with Crippen LogP contribution in [0.5, 0.6) is 0 Å². The van der Waals surface area contributed by atoms with Gasteiger partial charge in [0.1, 0.15) is 0 Å². The third-order valence-electron chi connectivity index (χ3n) is 4.43. The zero-order valence-corrected chi connectivity index (χ0v) is 10.7. The van der Waals surface area contributed by atoms with E-state index in [1.807, 2.05) is 0 Å². The van der Waals surface area contributed by atoms with Crippen molar-refractivity contribution in [1.82, 2.24) is 4.90 Å². The van der Waals surface area contributed by atoms with Gasteiger partial charge in [0, 0.05) is 12.6 Å². The number of aliphatic hydroxyl groups excluding tert-OH is 1. The molecule has 2 heteroatoms. The predicted octanol–water partition coefficient (Wildman–Crippen LogP) is 2.80. The maximum absolute atomic E-state index is 9.95. The van der Waals surface area contributed by atoms with Gasteiger partial charge in [0.2, 0.25) is 0 Å². The largest absolute Gasteiger partial charge is 0.392 e. The molecule has 0 aromatic carbocycles. The quantitative estimate of drug-likeness (QED) is 0.795. The van der Waals surface area contributed by atoms with Crippen LogP contribution in [0.2, 0.25) is 0 Å². The van der Waals surface area contributed by atoms with E-state index in [0.29, 0.717) is 0 Å². The molecule has 3 atom stereocenters. The Bertz CT molecular complexity index is 205. The fourth-order valence-electron chi connectivity index (χ4n) is 3.65. The van der Waals surface area contributed by atoms with Gasteiger partial charge in [0.05, 0.1) is 6.10 Å². The number of piperidine rings is 1. The Labute approximate surface area is 100 Å². The Hall–Kier alpha value is -0.0800. The molecular weight excluding hydrogens is 198 g/mol. The molecule has 0 bridgehead atoms. The van der Waals surface area contributed by atoms with Gasteiger partial charge < -0.3 is 5.11 Å². The van der Waals surface area contributed by atoms with E-state index in [1.165, 1.54) is 45.1 Å². The van der Waals surface area contributed by atoms with E-state index in [4.69, 9.17) is 0 Å². The number of hydrogen-bond acceptors (Lipinski definition) is 2. The molecule has 2 aliphatic rings. The zero-order valence-electron chi connectivity index (χ0n) is 10.7. The summed E-state index contributed by atoms with van der Waals surface area (Å²) in [6.07, 6.45) is 10.4. The van der Waals surface area contributed by atoms with Gasteiger partial charge in [0.15, 0.2) is 0 Å². The van der Waals surface area contributed by atoms with Crippen LogP contribution in [-0.2, 0) is 0 Å². The van der Waals surface area contributed by atoms with Crippen LogP contribution in [0.15, 0.2) is 0 Å². The first-order valence-electron chi connectivity index (χ1n) is 7.23. The Kier molecular flexibility index (Phi) is 4.66. The summed E-state index contributed by atoms with van der Waals surface area (Å²) in [7, 11) is 0. The lowest BCUT2D eigenvalue weighted by atomic mass is 9.78. The van der Waals surface area contributed by atoms with Gasteiger partial charge in [-0.2, -0.15) is 0 Å². The van der Waals surface area contributed by atoms with Crippen molar-refractivity contribution < 1.29 is 5.11 Å². The van der Waals surface area contributed by atoms with E-state index in [1.54, 1.807) is 0 Å². The van der Waals surface area contributed by atoms with E-state index in [-0.39, 0.29) is 6.10 Å². The minimum Gasteiger partial charge on any atom is -0.392 e. The van der Waals surface area contributed by atoms with Crippen molar-refractivity contribution in [2.45, 2.75) is 70.4 Å². The van der Waals surface area contributed by atoms with Gasteiger partial charge in [-0.15, -0.1) is 0 Å². The molecule has 0 spiro atoms. The number of nitrogens with zero attached hydrogens (tertiary/aromatic N) is 1. The predicted molar refractivity (Wildman–Crippen MR) is 67.5 cm³/mol. The van der Waals surface area contributed by atoms with E-state index in [9.17, 15) is 5.11 Å². The molecule has 1 saturated carbocycles. The van der Waals surface area contributed by atoms with E-state index in [0.717, 1.165) is 31.3 Å². The minimum atomic E-state index is -0.0920. The second kappa shape index (κ2) is 6.02. The number of β-amino-alcohol motifs (C(OH)–C–C–N with tert-alkyl or cyclic N) is 1. The van der Waals surface area contributed by atoms with Gasteiger partial charge >= 0.3 is 0 Å². The van der Waals surface area contributed by atoms with E-state index >= 15 is 0 Å². The summed E-state index contributed by atoms with van der Waals surface area (Å²) in [5.41, 5.74) is 0. The van der Waals surface area contributed by atoms with Gasteiger partial charge in [-0.25, -0.2) is 0 Å². The first-order chi connectivity index (χ1) is 7.81. The molecule has 94 valence electrons. The molecule has 1 aliphatic heterocycles. The van der Waals surface area contributed by atoms with Crippen LogP contribution in [0, 0.1) is 5.92 Å². The minimum absolute atomic E-state index is 0.0920. The van der Waals surface area contributed by atoms with E-state index < -0.39 is 0 Å². The van der Waals surface area contributed by atoms with Crippen molar-refractivity contribution in [1.29, 1.82) is 0 Å². The Balaban J connectivity index is 1.87. The van der Waals surface area contributed by atoms with Crippen LogP contribution in [0.3, 0.4) is 0 Å². The van der Waals surface area contributed by atoms with Crippen LogP contribution >= 0.6 is 0 Å². The lowest BCUT2D eigenvalue weighted by Crippen LogP contribution is -2.49. The Morgan fingerprint density at radius 3 is 2.75 bits per heavy atom. The highest BCUT2D eigenvalue weighted by Gasteiger charge is 2.33. The fourth-order valence-corrected chi connectivity index (χ4v) is 3.65. The maximum Gasteiger partial charge on any atom is 0.0667 e. The smallest absolute Gasteiger partial charge is 0.0667 e. The highest BCUT2D eigenvalue weighted by molar-refractivity contribution is 4.88. The molecule has 1 aliphatic carbocycles. The van der Waals surface area contributed by atoms with Crippen molar-refractivity contribution in [3.8, 4) is 0 Å². The molecule has 2 fully saturated rings. The summed E-state index contributed by atoms with van der Waals surface area (Å²) < 4.78 is 0. The third kappa shape index (κ3) is 2.98. The standard InChI is InChI=1S/C14H27NO/c1-2-6-13(16)11-15-10-5-8-12-7-3-4-9-14(12)15/h12-14,16H,2-11H2,1H3/t12-,13?,14-/m1/s1. The first-order valence-corrected chi connectivity index (χ1v) is 7.23. The van der Waals surface area contributed by atoms with Crippen molar-refractivity contribution >= 4 is 0 Å². The maximum atomic E-state index is 9.95. The van der Waals surface area contributed by atoms with E-state index in [2.05, 4.69) is 11.8 Å². The average molecular weight is 225 g/mol. The van der Waals surface area contributed by atoms with Gasteiger partial charge in [-0.1, -0.05) is 26.2 Å². The summed E-state index contributed by atoms with van der Waals surface area (Å²) in [4.78, 5) is 2.59. The fraction of sp³-hybridized carbons (Fsp3) is 1.00. The van der Waals surface area contributed by atoms with Crippen molar-refractivity contribution in [3.63, 3.8) is 0 Å².